The minimum atomic E-state index is -3.72. The van der Waals surface area contributed by atoms with E-state index in [-0.39, 0.29) is 18.7 Å². The maximum atomic E-state index is 13.5. The number of imidazole rings is 1. The first-order valence-electron chi connectivity index (χ1n) is 7.05. The lowest BCUT2D eigenvalue weighted by atomic mass is 10.2. The molecule has 2 N–H and O–H groups in total. The van der Waals surface area contributed by atoms with Gasteiger partial charge >= 0.3 is 5.69 Å². The highest BCUT2D eigenvalue weighted by Gasteiger charge is 2.15. The van der Waals surface area contributed by atoms with Gasteiger partial charge in [-0.25, -0.2) is 32.3 Å². The first kappa shape index (κ1) is 16.3. The molecule has 2 heterocycles. The van der Waals surface area contributed by atoms with E-state index in [2.05, 4.69) is 19.7 Å². The Bertz CT molecular complexity index is 1030. The third-order valence-electron chi connectivity index (χ3n) is 3.39. The molecular formula is C14H14FN5O3S. The van der Waals surface area contributed by atoms with Crippen molar-refractivity contribution in [2.75, 3.05) is 6.54 Å². The molecule has 0 unspecified atom stereocenters. The number of aromatic nitrogens is 4. The third kappa shape index (κ3) is 3.49. The van der Waals surface area contributed by atoms with Gasteiger partial charge in [-0.05, 0) is 6.07 Å². The van der Waals surface area contributed by atoms with E-state index >= 15 is 0 Å². The molecule has 0 radical (unpaired) electrons. The molecule has 0 bridgehead atoms. The van der Waals surface area contributed by atoms with E-state index in [1.54, 1.807) is 6.07 Å². The fraction of sp³-hybridized carbons (Fsp3) is 0.214. The van der Waals surface area contributed by atoms with Crippen LogP contribution in [-0.4, -0.2) is 34.5 Å². The Hall–Kier alpha value is -2.59. The molecule has 0 saturated carbocycles. The van der Waals surface area contributed by atoms with Crippen LogP contribution in [0.4, 0.5) is 4.39 Å². The number of fused-ring (bicyclic) bond motifs is 1. The molecule has 2 aromatic heterocycles. The maximum absolute atomic E-state index is 13.5. The molecule has 0 spiro atoms. The Balaban J connectivity index is 1.68. The van der Waals surface area contributed by atoms with E-state index < -0.39 is 27.3 Å². The normalized spacial score (nSPS) is 11.9. The minimum Gasteiger partial charge on any atom is -0.303 e. The van der Waals surface area contributed by atoms with E-state index in [0.717, 1.165) is 0 Å². The van der Waals surface area contributed by atoms with Crippen molar-refractivity contribution in [1.29, 1.82) is 0 Å². The lowest BCUT2D eigenvalue weighted by molar-refractivity contribution is 0.566. The van der Waals surface area contributed by atoms with Gasteiger partial charge in [0.1, 0.15) is 17.7 Å². The monoisotopic (exact) mass is 351 g/mol. The van der Waals surface area contributed by atoms with Crippen LogP contribution >= 0.6 is 0 Å². The number of H-pyrrole nitrogens is 1. The second-order valence-corrected chi connectivity index (χ2v) is 6.89. The average molecular weight is 351 g/mol. The summed E-state index contributed by atoms with van der Waals surface area (Å²) in [5.41, 5.74) is 0.542. The second-order valence-electron chi connectivity index (χ2n) is 5.09. The summed E-state index contributed by atoms with van der Waals surface area (Å²) in [5, 5.41) is 0. The Morgan fingerprint density at radius 3 is 2.88 bits per heavy atom. The minimum absolute atomic E-state index is 0.0202. The molecule has 3 aromatic rings. The SMILES string of the molecule is O=c1[nH]c2cncnc2n1CCNS(=O)(=O)Cc1ccccc1F. The van der Waals surface area contributed by atoms with E-state index in [0.29, 0.717) is 11.2 Å². The van der Waals surface area contributed by atoms with Crippen LogP contribution in [0.1, 0.15) is 5.56 Å². The molecule has 24 heavy (non-hydrogen) atoms. The van der Waals surface area contributed by atoms with Crippen molar-refractivity contribution in [3.63, 3.8) is 0 Å². The van der Waals surface area contributed by atoms with Gasteiger partial charge in [-0.15, -0.1) is 0 Å². The summed E-state index contributed by atoms with van der Waals surface area (Å²) in [7, 11) is -3.72. The third-order valence-corrected chi connectivity index (χ3v) is 4.73. The van der Waals surface area contributed by atoms with E-state index in [1.807, 2.05) is 0 Å². The van der Waals surface area contributed by atoms with E-state index in [4.69, 9.17) is 0 Å². The van der Waals surface area contributed by atoms with Crippen molar-refractivity contribution < 1.29 is 12.8 Å². The fourth-order valence-electron chi connectivity index (χ4n) is 2.30. The summed E-state index contributed by atoms with van der Waals surface area (Å²) in [6.45, 7) is 0.0694. The molecular weight excluding hydrogens is 337 g/mol. The van der Waals surface area contributed by atoms with Crippen LogP contribution in [0.25, 0.3) is 11.2 Å². The largest absolute Gasteiger partial charge is 0.327 e. The zero-order valence-corrected chi connectivity index (χ0v) is 13.3. The number of sulfonamides is 1. The van der Waals surface area contributed by atoms with Gasteiger partial charge in [-0.3, -0.25) is 4.57 Å². The fourth-order valence-corrected chi connectivity index (χ4v) is 3.44. The highest BCUT2D eigenvalue weighted by Crippen LogP contribution is 2.10. The Morgan fingerprint density at radius 1 is 1.29 bits per heavy atom. The summed E-state index contributed by atoms with van der Waals surface area (Å²) in [6, 6.07) is 5.68. The average Bonchev–Trinajstić information content (AvgIpc) is 2.85. The molecule has 10 heteroatoms. The summed E-state index contributed by atoms with van der Waals surface area (Å²) in [4.78, 5) is 22.2. The highest BCUT2D eigenvalue weighted by molar-refractivity contribution is 7.88. The van der Waals surface area contributed by atoms with Gasteiger partial charge < -0.3 is 4.98 Å². The zero-order valence-electron chi connectivity index (χ0n) is 12.4. The molecule has 0 aliphatic carbocycles. The first-order chi connectivity index (χ1) is 11.5. The van der Waals surface area contributed by atoms with Gasteiger partial charge in [-0.1, -0.05) is 18.2 Å². The predicted molar refractivity (Wildman–Crippen MR) is 85.2 cm³/mol. The van der Waals surface area contributed by atoms with Gasteiger partial charge in [0, 0.05) is 18.7 Å². The van der Waals surface area contributed by atoms with Gasteiger partial charge in [-0.2, -0.15) is 0 Å². The van der Waals surface area contributed by atoms with Gasteiger partial charge in [0.05, 0.1) is 11.9 Å². The van der Waals surface area contributed by atoms with E-state index in [9.17, 15) is 17.6 Å². The topological polar surface area (TPSA) is 110 Å². The van der Waals surface area contributed by atoms with Crippen molar-refractivity contribution in [3.8, 4) is 0 Å². The van der Waals surface area contributed by atoms with Crippen molar-refractivity contribution in [3.05, 3.63) is 58.7 Å². The van der Waals surface area contributed by atoms with Crippen LogP contribution in [0.15, 0.2) is 41.6 Å². The van der Waals surface area contributed by atoms with Crippen molar-refractivity contribution in [2.45, 2.75) is 12.3 Å². The number of nitrogens with zero attached hydrogens (tertiary/aromatic N) is 3. The lowest BCUT2D eigenvalue weighted by Gasteiger charge is -2.08. The number of benzene rings is 1. The molecule has 0 amide bonds. The first-order valence-corrected chi connectivity index (χ1v) is 8.71. The van der Waals surface area contributed by atoms with Crippen LogP contribution in [-0.2, 0) is 22.3 Å². The number of aromatic amines is 1. The zero-order chi connectivity index (χ0) is 17.2. The van der Waals surface area contributed by atoms with Gasteiger partial charge in [0.25, 0.3) is 0 Å². The molecule has 1 aromatic carbocycles. The molecule has 0 fully saturated rings. The molecule has 0 aliphatic rings. The standard InChI is InChI=1S/C14H14FN5O3S/c15-11-4-2-1-3-10(11)8-24(22,23)18-5-6-20-13-12(19-14(20)21)7-16-9-17-13/h1-4,7,9,18H,5-6,8H2,(H,19,21). The number of halogens is 1. The quantitative estimate of drug-likeness (QED) is 0.667. The van der Waals surface area contributed by atoms with Crippen molar-refractivity contribution >= 4 is 21.2 Å². The maximum Gasteiger partial charge on any atom is 0.327 e. The van der Waals surface area contributed by atoms with Gasteiger partial charge in [0.2, 0.25) is 10.0 Å². The predicted octanol–water partition coefficient (Wildman–Crippen LogP) is 0.378. The molecule has 0 atom stereocenters. The molecule has 0 aliphatic heterocycles. The van der Waals surface area contributed by atoms with Crippen LogP contribution in [0.3, 0.4) is 0 Å². The summed E-state index contributed by atoms with van der Waals surface area (Å²) >= 11 is 0. The van der Waals surface area contributed by atoms with Crippen LogP contribution in [0.2, 0.25) is 0 Å². The van der Waals surface area contributed by atoms with Crippen LogP contribution in [0, 0.1) is 5.82 Å². The lowest BCUT2D eigenvalue weighted by Crippen LogP contribution is -2.31. The second kappa shape index (κ2) is 6.49. The smallest absolute Gasteiger partial charge is 0.303 e. The van der Waals surface area contributed by atoms with Gasteiger partial charge in [0.15, 0.2) is 5.65 Å². The van der Waals surface area contributed by atoms with Crippen LogP contribution in [0.5, 0.6) is 0 Å². The molecule has 0 saturated heterocycles. The van der Waals surface area contributed by atoms with Crippen molar-refractivity contribution in [2.24, 2.45) is 0 Å². The van der Waals surface area contributed by atoms with Crippen LogP contribution < -0.4 is 10.4 Å². The summed E-state index contributed by atoms with van der Waals surface area (Å²) in [6.07, 6.45) is 2.76. The Kier molecular flexibility index (Phi) is 4.40. The number of hydrogen-bond acceptors (Lipinski definition) is 5. The molecule has 126 valence electrons. The van der Waals surface area contributed by atoms with Crippen molar-refractivity contribution in [1.82, 2.24) is 24.2 Å². The summed E-state index contributed by atoms with van der Waals surface area (Å²) < 4.78 is 41.3. The number of nitrogens with one attached hydrogen (secondary N) is 2. The number of hydrogen-bond donors (Lipinski definition) is 2. The van der Waals surface area contributed by atoms with E-state index in [1.165, 1.54) is 35.3 Å². The molecule has 8 nitrogen and oxygen atoms in total. The Labute approximate surface area is 136 Å². The molecule has 3 rings (SSSR count). The Morgan fingerprint density at radius 2 is 2.08 bits per heavy atom. The highest BCUT2D eigenvalue weighted by atomic mass is 32.2. The summed E-state index contributed by atoms with van der Waals surface area (Å²) in [5.74, 6) is -1.04. The number of rotatable bonds is 6.